The maximum absolute atomic E-state index is 10.9. The Kier molecular flexibility index (Phi) is 3.43. The molecule has 1 amide bonds. The smallest absolute Gasteiger partial charge is 0.323 e. The summed E-state index contributed by atoms with van der Waals surface area (Å²) in [7, 11) is 0. The van der Waals surface area contributed by atoms with Crippen LogP contribution >= 0.6 is 0 Å². The van der Waals surface area contributed by atoms with Crippen LogP contribution in [0.4, 0.5) is 0 Å². The van der Waals surface area contributed by atoms with Crippen molar-refractivity contribution < 1.29 is 19.4 Å². The normalized spacial score (nSPS) is 25.6. The zero-order chi connectivity index (χ0) is 10.7. The fraction of sp³-hybridized carbons (Fsp3) is 0.750. The van der Waals surface area contributed by atoms with Gasteiger partial charge >= 0.3 is 5.97 Å². The Hall–Kier alpha value is -1.14. The van der Waals surface area contributed by atoms with Crippen molar-refractivity contribution in [2.24, 2.45) is 5.73 Å². The molecule has 0 spiro atoms. The first-order valence-electron chi connectivity index (χ1n) is 4.39. The second kappa shape index (κ2) is 4.39. The lowest BCUT2D eigenvalue weighted by Gasteiger charge is -2.35. The third kappa shape index (κ3) is 2.21. The number of primary amides is 1. The molecule has 1 saturated heterocycles. The van der Waals surface area contributed by atoms with E-state index in [-0.39, 0.29) is 6.61 Å². The summed E-state index contributed by atoms with van der Waals surface area (Å²) >= 11 is 0. The van der Waals surface area contributed by atoms with E-state index in [2.05, 4.69) is 0 Å². The fourth-order valence-corrected chi connectivity index (χ4v) is 1.46. The highest BCUT2D eigenvalue weighted by atomic mass is 16.5. The quantitative estimate of drug-likeness (QED) is 0.590. The highest BCUT2D eigenvalue weighted by Gasteiger charge is 2.34. The maximum atomic E-state index is 10.9. The summed E-state index contributed by atoms with van der Waals surface area (Å²) < 4.78 is 5.03. The lowest BCUT2D eigenvalue weighted by Crippen LogP contribution is -2.56. The highest BCUT2D eigenvalue weighted by Crippen LogP contribution is 2.11. The van der Waals surface area contributed by atoms with Crippen molar-refractivity contribution in [3.05, 3.63) is 0 Å². The van der Waals surface area contributed by atoms with Gasteiger partial charge in [-0.25, -0.2) is 0 Å². The molecule has 0 aromatic carbocycles. The van der Waals surface area contributed by atoms with Crippen LogP contribution in [-0.4, -0.2) is 53.7 Å². The molecular formula is C8H14N2O4. The molecule has 0 aromatic rings. The summed E-state index contributed by atoms with van der Waals surface area (Å²) in [6.07, 6.45) is 0. The van der Waals surface area contributed by atoms with Crippen LogP contribution in [0.15, 0.2) is 0 Å². The molecule has 1 heterocycles. The number of aliphatic carboxylic acids is 1. The summed E-state index contributed by atoms with van der Waals surface area (Å²) in [5.74, 6) is -1.50. The van der Waals surface area contributed by atoms with Gasteiger partial charge in [-0.2, -0.15) is 0 Å². The number of nitrogens with two attached hydrogens (primary N) is 1. The molecule has 1 rings (SSSR count). The van der Waals surface area contributed by atoms with E-state index >= 15 is 0 Å². The Bertz CT molecular complexity index is 243. The molecule has 2 unspecified atom stereocenters. The van der Waals surface area contributed by atoms with Gasteiger partial charge in [-0.3, -0.25) is 14.5 Å². The number of hydrogen-bond donors (Lipinski definition) is 2. The Morgan fingerprint density at radius 1 is 1.64 bits per heavy atom. The number of carbonyl (C=O) groups excluding carboxylic acids is 1. The predicted molar refractivity (Wildman–Crippen MR) is 47.6 cm³/mol. The maximum Gasteiger partial charge on any atom is 0.323 e. The molecule has 0 bridgehead atoms. The van der Waals surface area contributed by atoms with E-state index in [1.54, 1.807) is 11.8 Å². The van der Waals surface area contributed by atoms with E-state index in [9.17, 15) is 9.59 Å². The van der Waals surface area contributed by atoms with E-state index in [1.807, 2.05) is 0 Å². The summed E-state index contributed by atoms with van der Waals surface area (Å²) in [5.41, 5.74) is 5.11. The van der Waals surface area contributed by atoms with Crippen molar-refractivity contribution in [2.75, 3.05) is 19.8 Å². The van der Waals surface area contributed by atoms with E-state index < -0.39 is 24.0 Å². The van der Waals surface area contributed by atoms with Crippen LogP contribution in [0.3, 0.4) is 0 Å². The number of ether oxygens (including phenoxy) is 1. The first kappa shape index (κ1) is 10.9. The minimum Gasteiger partial charge on any atom is -0.480 e. The molecule has 1 fully saturated rings. The first-order valence-corrected chi connectivity index (χ1v) is 4.39. The minimum absolute atomic E-state index is 0.104. The van der Waals surface area contributed by atoms with Crippen molar-refractivity contribution in [3.63, 3.8) is 0 Å². The zero-order valence-electron chi connectivity index (χ0n) is 7.97. The predicted octanol–water partition coefficient (Wildman–Crippen LogP) is -1.35. The van der Waals surface area contributed by atoms with E-state index in [4.69, 9.17) is 15.6 Å². The number of amides is 1. The van der Waals surface area contributed by atoms with Crippen LogP contribution in [-0.2, 0) is 14.3 Å². The third-order valence-electron chi connectivity index (χ3n) is 2.36. The zero-order valence-corrected chi connectivity index (χ0v) is 7.97. The number of hydrogen-bond acceptors (Lipinski definition) is 4. The number of rotatable bonds is 3. The summed E-state index contributed by atoms with van der Waals surface area (Å²) in [6.45, 7) is 2.55. The summed E-state index contributed by atoms with van der Waals surface area (Å²) in [4.78, 5) is 23.3. The number of carboxylic acid groups (broad SMARTS) is 1. The molecule has 0 aliphatic carbocycles. The molecule has 0 radical (unpaired) electrons. The van der Waals surface area contributed by atoms with Crippen LogP contribution in [0.5, 0.6) is 0 Å². The van der Waals surface area contributed by atoms with Crippen LogP contribution in [0.1, 0.15) is 6.92 Å². The van der Waals surface area contributed by atoms with Gasteiger partial charge in [0.05, 0.1) is 19.3 Å². The number of morpholine rings is 1. The molecule has 14 heavy (non-hydrogen) atoms. The summed E-state index contributed by atoms with van der Waals surface area (Å²) in [5, 5.41) is 8.87. The highest BCUT2D eigenvalue weighted by molar-refractivity contribution is 5.81. The molecule has 6 nitrogen and oxygen atoms in total. The summed E-state index contributed by atoms with van der Waals surface area (Å²) in [6, 6.07) is -1.34. The number of carboxylic acids is 1. The lowest BCUT2D eigenvalue weighted by atomic mass is 10.1. The van der Waals surface area contributed by atoms with Gasteiger partial charge in [-0.05, 0) is 6.92 Å². The molecule has 0 aromatic heterocycles. The Balaban J connectivity index is 2.72. The molecule has 2 atom stereocenters. The average molecular weight is 202 g/mol. The van der Waals surface area contributed by atoms with Crippen LogP contribution in [0.25, 0.3) is 0 Å². The standard InChI is InChI=1S/C8H14N2O4/c1-5(7(9)11)10-2-3-14-4-6(10)8(12)13/h5-6H,2-4H2,1H3,(H2,9,11)(H,12,13). The van der Waals surface area contributed by atoms with E-state index in [1.165, 1.54) is 0 Å². The topological polar surface area (TPSA) is 92.9 Å². The van der Waals surface area contributed by atoms with Crippen molar-refractivity contribution >= 4 is 11.9 Å². The van der Waals surface area contributed by atoms with Crippen LogP contribution < -0.4 is 5.73 Å². The molecule has 6 heteroatoms. The molecular weight excluding hydrogens is 188 g/mol. The Morgan fingerprint density at radius 2 is 2.29 bits per heavy atom. The SMILES string of the molecule is CC(C(N)=O)N1CCOCC1C(=O)O. The van der Waals surface area contributed by atoms with Gasteiger partial charge in [-0.15, -0.1) is 0 Å². The minimum atomic E-state index is -0.988. The number of carbonyl (C=O) groups is 2. The fourth-order valence-electron chi connectivity index (χ4n) is 1.46. The molecule has 80 valence electrons. The second-order valence-corrected chi connectivity index (χ2v) is 3.25. The van der Waals surface area contributed by atoms with Crippen molar-refractivity contribution in [1.82, 2.24) is 4.90 Å². The molecule has 1 aliphatic heterocycles. The monoisotopic (exact) mass is 202 g/mol. The molecule has 0 saturated carbocycles. The second-order valence-electron chi connectivity index (χ2n) is 3.25. The third-order valence-corrected chi connectivity index (χ3v) is 2.36. The van der Waals surface area contributed by atoms with Crippen LogP contribution in [0.2, 0.25) is 0 Å². The van der Waals surface area contributed by atoms with Gasteiger partial charge in [0.25, 0.3) is 0 Å². The van der Waals surface area contributed by atoms with Crippen molar-refractivity contribution in [1.29, 1.82) is 0 Å². The number of nitrogens with zero attached hydrogens (tertiary/aromatic N) is 1. The van der Waals surface area contributed by atoms with Gasteiger partial charge in [-0.1, -0.05) is 0 Å². The molecule has 3 N–H and O–H groups in total. The molecule has 1 aliphatic rings. The van der Waals surface area contributed by atoms with Crippen molar-refractivity contribution in [3.8, 4) is 0 Å². The average Bonchev–Trinajstić information content (AvgIpc) is 2.16. The van der Waals surface area contributed by atoms with Gasteiger partial charge in [0.2, 0.25) is 5.91 Å². The Morgan fingerprint density at radius 3 is 2.79 bits per heavy atom. The lowest BCUT2D eigenvalue weighted by molar-refractivity contribution is -0.152. The van der Waals surface area contributed by atoms with Gasteiger partial charge < -0.3 is 15.6 Å². The van der Waals surface area contributed by atoms with Crippen LogP contribution in [0, 0.1) is 0 Å². The van der Waals surface area contributed by atoms with Crippen molar-refractivity contribution in [2.45, 2.75) is 19.0 Å². The van der Waals surface area contributed by atoms with Gasteiger partial charge in [0.15, 0.2) is 0 Å². The van der Waals surface area contributed by atoms with Gasteiger partial charge in [0.1, 0.15) is 6.04 Å². The largest absolute Gasteiger partial charge is 0.480 e. The van der Waals surface area contributed by atoms with E-state index in [0.29, 0.717) is 13.2 Å². The first-order chi connectivity index (χ1) is 6.54. The van der Waals surface area contributed by atoms with Gasteiger partial charge in [0, 0.05) is 6.54 Å². The van der Waals surface area contributed by atoms with E-state index in [0.717, 1.165) is 0 Å². The Labute approximate surface area is 81.6 Å².